The lowest BCUT2D eigenvalue weighted by Gasteiger charge is -2.37. The quantitative estimate of drug-likeness (QED) is 0.120. The van der Waals surface area contributed by atoms with Gasteiger partial charge >= 0.3 is 0 Å². The Kier molecular flexibility index (Phi) is 12.4. The largest absolute Gasteiger partial charge is 0.369 e. The lowest BCUT2D eigenvalue weighted by molar-refractivity contribution is -0.123. The average molecular weight is 637 g/mol. The number of benzene rings is 3. The van der Waals surface area contributed by atoms with Gasteiger partial charge in [-0.05, 0) is 75.1 Å². The van der Waals surface area contributed by atoms with Gasteiger partial charge in [0.15, 0.2) is 0 Å². The van der Waals surface area contributed by atoms with Gasteiger partial charge in [0.25, 0.3) is 11.8 Å². The first-order chi connectivity index (χ1) is 22.9. The third-order valence-corrected chi connectivity index (χ3v) is 10.3. The van der Waals surface area contributed by atoms with E-state index >= 15 is 0 Å². The maximum atomic E-state index is 13.3. The van der Waals surface area contributed by atoms with Crippen LogP contribution in [0.5, 0.6) is 0 Å². The number of unbranched alkanes of at least 4 members (excludes halogenated alkanes) is 8. The van der Waals surface area contributed by atoms with Crippen LogP contribution in [-0.4, -0.2) is 78.7 Å². The van der Waals surface area contributed by atoms with Crippen molar-refractivity contribution in [1.29, 1.82) is 0 Å². The average Bonchev–Trinajstić information content (AvgIpc) is 3.66. The lowest BCUT2D eigenvalue weighted by Crippen LogP contribution is -2.49. The number of nitrogens with two attached hydrogens (primary N) is 1. The van der Waals surface area contributed by atoms with Crippen LogP contribution >= 0.6 is 0 Å². The number of primary amides is 1. The second-order valence-corrected chi connectivity index (χ2v) is 13.5. The van der Waals surface area contributed by atoms with Crippen molar-refractivity contribution < 1.29 is 14.4 Å². The second-order valence-electron chi connectivity index (χ2n) is 13.5. The van der Waals surface area contributed by atoms with Gasteiger partial charge in [0.05, 0.1) is 11.1 Å². The molecule has 0 saturated carbocycles. The van der Waals surface area contributed by atoms with Crippen molar-refractivity contribution >= 4 is 17.7 Å². The zero-order valence-corrected chi connectivity index (χ0v) is 28.1. The fraction of sp³-hybridized carbons (Fsp3) is 0.475. The molecule has 0 radical (unpaired) electrons. The molecule has 0 aromatic heterocycles. The Balaban J connectivity index is 0.924. The van der Waals surface area contributed by atoms with Crippen LogP contribution < -0.4 is 5.73 Å². The molecule has 3 aromatic carbocycles. The van der Waals surface area contributed by atoms with Crippen molar-refractivity contribution in [2.24, 2.45) is 11.7 Å². The van der Waals surface area contributed by atoms with E-state index in [9.17, 15) is 14.4 Å². The summed E-state index contributed by atoms with van der Waals surface area (Å²) in [7, 11) is 2.07. The summed E-state index contributed by atoms with van der Waals surface area (Å²) in [6.45, 7) is 5.11. The van der Waals surface area contributed by atoms with Gasteiger partial charge in [0.1, 0.15) is 5.41 Å². The Bertz CT molecular complexity index is 1390. The minimum atomic E-state index is -0.811. The number of carbonyl (C=O) groups excluding carboxylic acids is 3. The molecule has 1 saturated heterocycles. The number of nitrogens with zero attached hydrogens (tertiary/aromatic N) is 3. The summed E-state index contributed by atoms with van der Waals surface area (Å²) in [6.07, 6.45) is 12.1. The minimum absolute atomic E-state index is 0.154. The van der Waals surface area contributed by atoms with E-state index < -0.39 is 5.41 Å². The maximum Gasteiger partial charge on any atom is 0.261 e. The molecule has 2 aliphatic rings. The van der Waals surface area contributed by atoms with Gasteiger partial charge in [0.2, 0.25) is 5.91 Å². The van der Waals surface area contributed by atoms with Gasteiger partial charge < -0.3 is 15.5 Å². The van der Waals surface area contributed by atoms with Gasteiger partial charge in [-0.15, -0.1) is 0 Å². The molecule has 2 aliphatic heterocycles. The van der Waals surface area contributed by atoms with Crippen LogP contribution in [0.1, 0.15) is 96.1 Å². The number of rotatable bonds is 19. The number of amides is 3. The first kappa shape index (κ1) is 34.5. The van der Waals surface area contributed by atoms with Crippen LogP contribution in [-0.2, 0) is 10.2 Å². The number of hydrogen-bond donors (Lipinski definition) is 1. The number of likely N-dealkylation sites (N-methyl/N-ethyl adjacent to an activating group) is 1. The monoisotopic (exact) mass is 636 g/mol. The number of imide groups is 1. The van der Waals surface area contributed by atoms with E-state index in [0.717, 1.165) is 50.1 Å². The van der Waals surface area contributed by atoms with Crippen LogP contribution in [0, 0.1) is 5.92 Å². The van der Waals surface area contributed by atoms with E-state index in [0.29, 0.717) is 24.2 Å². The van der Waals surface area contributed by atoms with E-state index in [-0.39, 0.29) is 23.6 Å². The van der Waals surface area contributed by atoms with Crippen molar-refractivity contribution in [2.75, 3.05) is 46.3 Å². The lowest BCUT2D eigenvalue weighted by atomic mass is 9.64. The second kappa shape index (κ2) is 16.8. The number of hydrogen-bond acceptors (Lipinski definition) is 5. The van der Waals surface area contributed by atoms with Crippen LogP contribution in [0.4, 0.5) is 0 Å². The van der Waals surface area contributed by atoms with Crippen LogP contribution in [0.15, 0.2) is 84.9 Å². The number of likely N-dealkylation sites (tertiary alicyclic amines) is 1. The molecule has 0 bridgehead atoms. The molecule has 250 valence electrons. The van der Waals surface area contributed by atoms with Crippen LogP contribution in [0.2, 0.25) is 0 Å². The van der Waals surface area contributed by atoms with Gasteiger partial charge in [0, 0.05) is 19.6 Å². The Labute approximate surface area is 281 Å². The molecule has 1 atom stereocenters. The molecule has 0 unspecified atom stereocenters. The first-order valence-electron chi connectivity index (χ1n) is 17.7. The summed E-state index contributed by atoms with van der Waals surface area (Å²) in [5.74, 6) is -0.440. The Hall–Kier alpha value is -3.81. The van der Waals surface area contributed by atoms with Crippen molar-refractivity contribution in [3.8, 4) is 0 Å². The summed E-state index contributed by atoms with van der Waals surface area (Å²) in [5, 5.41) is 0. The molecule has 2 heterocycles. The topological polar surface area (TPSA) is 86.9 Å². The Morgan fingerprint density at radius 1 is 0.702 bits per heavy atom. The summed E-state index contributed by atoms with van der Waals surface area (Å²) in [5.41, 5.74) is 8.49. The molecule has 2 N–H and O–H groups in total. The molecular weight excluding hydrogens is 584 g/mol. The van der Waals surface area contributed by atoms with E-state index in [1.54, 1.807) is 24.3 Å². The SMILES string of the molecule is CN(CCCCCCCCCCCN1CC[C@@H](C(C(N)=O)(c2ccccc2)c2ccccc2)C1)CCN1C(=O)c2ccccc2C1=O. The van der Waals surface area contributed by atoms with Gasteiger partial charge in [-0.3, -0.25) is 19.3 Å². The Morgan fingerprint density at radius 3 is 1.72 bits per heavy atom. The first-order valence-corrected chi connectivity index (χ1v) is 17.7. The molecule has 5 rings (SSSR count). The summed E-state index contributed by atoms with van der Waals surface area (Å²) in [4.78, 5) is 44.5. The summed E-state index contributed by atoms with van der Waals surface area (Å²) < 4.78 is 0. The van der Waals surface area contributed by atoms with Gasteiger partial charge in [-0.25, -0.2) is 0 Å². The Morgan fingerprint density at radius 2 is 1.19 bits per heavy atom. The number of carbonyl (C=O) groups is 3. The van der Waals surface area contributed by atoms with E-state index in [1.807, 2.05) is 36.4 Å². The van der Waals surface area contributed by atoms with Crippen LogP contribution in [0.3, 0.4) is 0 Å². The molecule has 3 amide bonds. The van der Waals surface area contributed by atoms with Crippen LogP contribution in [0.25, 0.3) is 0 Å². The fourth-order valence-electron chi connectivity index (χ4n) is 7.69. The molecule has 0 aliphatic carbocycles. The number of fused-ring (bicyclic) bond motifs is 1. The third-order valence-electron chi connectivity index (χ3n) is 10.3. The third kappa shape index (κ3) is 8.20. The molecule has 0 spiro atoms. The predicted octanol–water partition coefficient (Wildman–Crippen LogP) is 6.52. The highest BCUT2D eigenvalue weighted by molar-refractivity contribution is 6.21. The predicted molar refractivity (Wildman–Crippen MR) is 188 cm³/mol. The summed E-state index contributed by atoms with van der Waals surface area (Å²) in [6, 6.07) is 27.3. The highest BCUT2D eigenvalue weighted by atomic mass is 16.2. The van der Waals surface area contributed by atoms with Crippen molar-refractivity contribution in [1.82, 2.24) is 14.7 Å². The molecule has 3 aromatic rings. The normalized spacial score (nSPS) is 16.7. The van der Waals surface area contributed by atoms with Gasteiger partial charge in [-0.1, -0.05) is 118 Å². The van der Waals surface area contributed by atoms with E-state index in [2.05, 4.69) is 41.1 Å². The highest BCUT2D eigenvalue weighted by Gasteiger charge is 2.49. The minimum Gasteiger partial charge on any atom is -0.369 e. The standard InChI is InChI=1S/C40H52N4O3/c1-42(29-30-44-37(45)35-23-15-16-24-36(35)38(44)46)26-17-7-5-3-2-4-6-8-18-27-43-28-25-34(31-43)40(39(41)47,32-19-11-9-12-20-32)33-21-13-10-14-22-33/h9-16,19-24,34H,2-8,17-18,25-31H2,1H3,(H2,41,47)/t34-/m1/s1. The smallest absolute Gasteiger partial charge is 0.261 e. The molecule has 47 heavy (non-hydrogen) atoms. The van der Waals surface area contributed by atoms with E-state index in [1.165, 1.54) is 56.3 Å². The highest BCUT2D eigenvalue weighted by Crippen LogP contribution is 2.43. The van der Waals surface area contributed by atoms with Crippen molar-refractivity contribution in [3.63, 3.8) is 0 Å². The molecule has 7 heteroatoms. The molecule has 1 fully saturated rings. The fourth-order valence-corrected chi connectivity index (χ4v) is 7.69. The molecule has 7 nitrogen and oxygen atoms in total. The van der Waals surface area contributed by atoms with Crippen molar-refractivity contribution in [2.45, 2.75) is 69.6 Å². The van der Waals surface area contributed by atoms with Crippen molar-refractivity contribution in [3.05, 3.63) is 107 Å². The maximum absolute atomic E-state index is 13.3. The molecular formula is C40H52N4O3. The van der Waals surface area contributed by atoms with E-state index in [4.69, 9.17) is 5.73 Å². The summed E-state index contributed by atoms with van der Waals surface area (Å²) >= 11 is 0. The van der Waals surface area contributed by atoms with Gasteiger partial charge in [-0.2, -0.15) is 0 Å². The zero-order valence-electron chi connectivity index (χ0n) is 28.1. The zero-order chi connectivity index (χ0) is 33.1.